The van der Waals surface area contributed by atoms with Gasteiger partial charge in [-0.3, -0.25) is 9.98 Å². The molecule has 5 heteroatoms. The Kier molecular flexibility index (Phi) is 7.08. The quantitative estimate of drug-likeness (QED) is 0.627. The summed E-state index contributed by atoms with van der Waals surface area (Å²) in [6, 6.07) is 11.9. The van der Waals surface area contributed by atoms with E-state index in [1.807, 2.05) is 49.8 Å². The van der Waals surface area contributed by atoms with E-state index in [0.717, 1.165) is 31.2 Å². The van der Waals surface area contributed by atoms with E-state index >= 15 is 0 Å². The Balaban J connectivity index is 1.73. The zero-order chi connectivity index (χ0) is 17.2. The molecule has 2 rings (SSSR count). The topological polar surface area (TPSA) is 49.8 Å². The molecule has 0 unspecified atom stereocenters. The minimum absolute atomic E-state index is 0.616. The first kappa shape index (κ1) is 17.8. The number of ether oxygens (including phenoxy) is 1. The van der Waals surface area contributed by atoms with Crippen molar-refractivity contribution < 1.29 is 4.74 Å². The van der Waals surface area contributed by atoms with Crippen molar-refractivity contribution >= 4 is 5.96 Å². The molecule has 5 nitrogen and oxygen atoms in total. The zero-order valence-corrected chi connectivity index (χ0v) is 14.7. The summed E-state index contributed by atoms with van der Waals surface area (Å²) >= 11 is 0. The van der Waals surface area contributed by atoms with Gasteiger partial charge in [0.05, 0.1) is 6.54 Å². The van der Waals surface area contributed by atoms with Crippen LogP contribution in [0.1, 0.15) is 11.1 Å². The lowest BCUT2D eigenvalue weighted by molar-refractivity contribution is 0.281. The van der Waals surface area contributed by atoms with E-state index in [4.69, 9.17) is 4.74 Å². The van der Waals surface area contributed by atoms with Gasteiger partial charge in [0, 0.05) is 33.0 Å². The number of nitrogens with one attached hydrogen (secondary N) is 1. The van der Waals surface area contributed by atoms with Crippen LogP contribution in [-0.2, 0) is 6.42 Å². The Morgan fingerprint density at radius 1 is 1.25 bits per heavy atom. The monoisotopic (exact) mass is 326 g/mol. The number of aromatic nitrogens is 1. The number of likely N-dealkylation sites (N-methyl/N-ethyl adjacent to an activating group) is 1. The second kappa shape index (κ2) is 9.55. The van der Waals surface area contributed by atoms with Crippen LogP contribution in [0.15, 0.2) is 53.8 Å². The summed E-state index contributed by atoms with van der Waals surface area (Å²) in [5.74, 6) is 1.76. The summed E-state index contributed by atoms with van der Waals surface area (Å²) in [6.07, 6.45) is 4.68. The summed E-state index contributed by atoms with van der Waals surface area (Å²) in [6.45, 7) is 4.30. The second-order valence-electron chi connectivity index (χ2n) is 5.61. The molecular weight excluding hydrogens is 300 g/mol. The van der Waals surface area contributed by atoms with Crippen molar-refractivity contribution in [3.8, 4) is 5.75 Å². The van der Waals surface area contributed by atoms with Crippen LogP contribution < -0.4 is 10.1 Å². The minimum atomic E-state index is 0.616. The van der Waals surface area contributed by atoms with Gasteiger partial charge in [0.2, 0.25) is 0 Å². The van der Waals surface area contributed by atoms with Crippen LogP contribution in [0.5, 0.6) is 5.75 Å². The summed E-state index contributed by atoms with van der Waals surface area (Å²) in [5, 5.41) is 3.39. The van der Waals surface area contributed by atoms with Crippen molar-refractivity contribution in [2.45, 2.75) is 13.3 Å². The number of pyridine rings is 1. The summed E-state index contributed by atoms with van der Waals surface area (Å²) in [7, 11) is 3.82. The number of aliphatic imine (C=N–C) groups is 1. The van der Waals surface area contributed by atoms with Crippen molar-refractivity contribution in [2.75, 3.05) is 33.8 Å². The molecule has 1 heterocycles. The third kappa shape index (κ3) is 5.57. The molecule has 1 N–H and O–H groups in total. The van der Waals surface area contributed by atoms with E-state index < -0.39 is 0 Å². The van der Waals surface area contributed by atoms with Crippen molar-refractivity contribution in [3.63, 3.8) is 0 Å². The molecule has 0 saturated carbocycles. The molecule has 24 heavy (non-hydrogen) atoms. The second-order valence-corrected chi connectivity index (χ2v) is 5.61. The van der Waals surface area contributed by atoms with Gasteiger partial charge in [-0.2, -0.15) is 0 Å². The van der Waals surface area contributed by atoms with Crippen LogP contribution in [0.25, 0.3) is 0 Å². The highest BCUT2D eigenvalue weighted by molar-refractivity contribution is 5.79. The van der Waals surface area contributed by atoms with Crippen molar-refractivity contribution in [3.05, 3.63) is 59.9 Å². The number of aryl methyl sites for hydroxylation is 1. The van der Waals surface area contributed by atoms with Crippen molar-refractivity contribution in [1.29, 1.82) is 0 Å². The van der Waals surface area contributed by atoms with Gasteiger partial charge in [-0.25, -0.2) is 0 Å². The minimum Gasteiger partial charge on any atom is -0.492 e. The third-order valence-electron chi connectivity index (χ3n) is 3.83. The largest absolute Gasteiger partial charge is 0.492 e. The van der Waals surface area contributed by atoms with Crippen molar-refractivity contribution in [1.82, 2.24) is 15.2 Å². The maximum atomic E-state index is 5.73. The fraction of sp³-hybridized carbons (Fsp3) is 0.368. The van der Waals surface area contributed by atoms with E-state index in [0.29, 0.717) is 6.61 Å². The number of rotatable bonds is 7. The number of benzene rings is 1. The van der Waals surface area contributed by atoms with E-state index in [2.05, 4.69) is 33.2 Å². The van der Waals surface area contributed by atoms with Gasteiger partial charge in [0.15, 0.2) is 5.96 Å². The normalized spacial score (nSPS) is 11.2. The van der Waals surface area contributed by atoms with Crippen LogP contribution in [0, 0.1) is 6.92 Å². The van der Waals surface area contributed by atoms with Gasteiger partial charge in [0.25, 0.3) is 0 Å². The molecule has 2 aromatic rings. The van der Waals surface area contributed by atoms with Gasteiger partial charge in [-0.15, -0.1) is 0 Å². The summed E-state index contributed by atoms with van der Waals surface area (Å²) in [4.78, 5) is 10.5. The predicted octanol–water partition coefficient (Wildman–Crippen LogP) is 2.52. The first-order valence-corrected chi connectivity index (χ1v) is 8.20. The molecule has 0 spiro atoms. The number of para-hydroxylation sites is 1. The van der Waals surface area contributed by atoms with Gasteiger partial charge < -0.3 is 15.0 Å². The highest BCUT2D eigenvalue weighted by Gasteiger charge is 2.06. The Hall–Kier alpha value is -2.56. The average molecular weight is 326 g/mol. The Morgan fingerprint density at radius 2 is 2.04 bits per heavy atom. The van der Waals surface area contributed by atoms with E-state index in [1.165, 1.54) is 11.1 Å². The zero-order valence-electron chi connectivity index (χ0n) is 14.7. The van der Waals surface area contributed by atoms with Gasteiger partial charge >= 0.3 is 0 Å². The van der Waals surface area contributed by atoms with Crippen LogP contribution in [0.4, 0.5) is 0 Å². The smallest absolute Gasteiger partial charge is 0.193 e. The molecule has 0 bridgehead atoms. The third-order valence-corrected chi connectivity index (χ3v) is 3.83. The summed E-state index contributed by atoms with van der Waals surface area (Å²) < 4.78 is 5.73. The first-order chi connectivity index (χ1) is 11.7. The average Bonchev–Trinajstić information content (AvgIpc) is 2.61. The molecule has 0 atom stereocenters. The molecule has 0 aliphatic heterocycles. The number of hydrogen-bond acceptors (Lipinski definition) is 3. The molecule has 128 valence electrons. The highest BCUT2D eigenvalue weighted by atomic mass is 16.5. The van der Waals surface area contributed by atoms with E-state index in [1.54, 1.807) is 7.05 Å². The van der Waals surface area contributed by atoms with E-state index in [-0.39, 0.29) is 0 Å². The standard InChI is InChI=1S/C19H26N4O/c1-16-15-21-11-9-17(16)10-12-22-19(20-2)23(3)13-14-24-18-7-5-4-6-8-18/h4-9,11,15H,10,12-14H2,1-3H3,(H,20,22). The van der Waals surface area contributed by atoms with E-state index in [9.17, 15) is 0 Å². The number of nitrogens with zero attached hydrogens (tertiary/aromatic N) is 3. The molecule has 0 amide bonds. The molecular formula is C19H26N4O. The van der Waals surface area contributed by atoms with Crippen molar-refractivity contribution in [2.24, 2.45) is 4.99 Å². The van der Waals surface area contributed by atoms with Gasteiger partial charge in [0.1, 0.15) is 12.4 Å². The fourth-order valence-electron chi connectivity index (χ4n) is 2.40. The SMILES string of the molecule is CN=C(NCCc1ccncc1C)N(C)CCOc1ccccc1. The number of guanidine groups is 1. The van der Waals surface area contributed by atoms with Gasteiger partial charge in [-0.05, 0) is 42.7 Å². The lowest BCUT2D eigenvalue weighted by atomic mass is 10.1. The summed E-state index contributed by atoms with van der Waals surface area (Å²) in [5.41, 5.74) is 2.53. The first-order valence-electron chi connectivity index (χ1n) is 8.20. The Bertz CT molecular complexity index is 643. The van der Waals surface area contributed by atoms with Crippen LogP contribution >= 0.6 is 0 Å². The molecule has 1 aromatic carbocycles. The molecule has 0 saturated heterocycles. The lowest BCUT2D eigenvalue weighted by Crippen LogP contribution is -2.41. The maximum Gasteiger partial charge on any atom is 0.193 e. The molecule has 0 fully saturated rings. The number of hydrogen-bond donors (Lipinski definition) is 1. The van der Waals surface area contributed by atoms with Gasteiger partial charge in [-0.1, -0.05) is 18.2 Å². The molecule has 0 aliphatic carbocycles. The maximum absolute atomic E-state index is 5.73. The molecule has 0 radical (unpaired) electrons. The van der Waals surface area contributed by atoms with Crippen LogP contribution in [-0.4, -0.2) is 49.6 Å². The predicted molar refractivity (Wildman–Crippen MR) is 98.6 cm³/mol. The Morgan fingerprint density at radius 3 is 2.75 bits per heavy atom. The highest BCUT2D eigenvalue weighted by Crippen LogP contribution is 2.08. The lowest BCUT2D eigenvalue weighted by Gasteiger charge is -2.22. The molecule has 1 aromatic heterocycles. The fourth-order valence-corrected chi connectivity index (χ4v) is 2.40. The molecule has 0 aliphatic rings. The Labute approximate surface area is 144 Å². The van der Waals surface area contributed by atoms with Crippen LogP contribution in [0.3, 0.4) is 0 Å². The van der Waals surface area contributed by atoms with Crippen LogP contribution in [0.2, 0.25) is 0 Å².